The minimum Gasteiger partial charge on any atom is -0.493 e. The number of nitrogens with zero attached hydrogens (tertiary/aromatic N) is 1. The van der Waals surface area contributed by atoms with Gasteiger partial charge < -0.3 is 14.8 Å². The molecule has 152 valence electrons. The molecule has 0 spiro atoms. The van der Waals surface area contributed by atoms with E-state index in [4.69, 9.17) is 9.47 Å². The molecule has 0 unspecified atom stereocenters. The Kier molecular flexibility index (Phi) is 11.3. The summed E-state index contributed by atoms with van der Waals surface area (Å²) in [6, 6.07) is 3.19. The summed E-state index contributed by atoms with van der Waals surface area (Å²) in [5, 5.41) is 3.23. The maximum Gasteiger partial charge on any atom is 0.389 e. The Morgan fingerprint density at radius 1 is 1.12 bits per heavy atom. The van der Waals surface area contributed by atoms with Crippen LogP contribution in [-0.4, -0.2) is 51.5 Å². The number of piperazine rings is 1. The number of rotatable bonds is 6. The molecule has 26 heavy (non-hydrogen) atoms. The van der Waals surface area contributed by atoms with Gasteiger partial charge in [0.15, 0.2) is 11.5 Å². The van der Waals surface area contributed by atoms with Gasteiger partial charge in [-0.25, -0.2) is 0 Å². The van der Waals surface area contributed by atoms with Crippen LogP contribution in [-0.2, 0) is 0 Å². The zero-order valence-corrected chi connectivity index (χ0v) is 17.8. The summed E-state index contributed by atoms with van der Waals surface area (Å²) in [6.07, 6.45) is -4.98. The lowest BCUT2D eigenvalue weighted by molar-refractivity contribution is -0.138. The third-order valence-electron chi connectivity index (χ3n) is 4.16. The predicted molar refractivity (Wildman–Crippen MR) is 104 cm³/mol. The molecule has 0 amide bonds. The van der Waals surface area contributed by atoms with Crippen LogP contribution in [0.5, 0.6) is 11.5 Å². The van der Waals surface area contributed by atoms with Crippen molar-refractivity contribution in [2.75, 3.05) is 40.4 Å². The van der Waals surface area contributed by atoms with Crippen molar-refractivity contribution in [1.82, 2.24) is 10.2 Å². The third kappa shape index (κ3) is 6.96. The number of nitrogens with one attached hydrogen (secondary N) is 1. The van der Waals surface area contributed by atoms with Gasteiger partial charge in [0, 0.05) is 43.1 Å². The minimum absolute atomic E-state index is 0. The first kappa shape index (κ1) is 25.6. The van der Waals surface area contributed by atoms with Gasteiger partial charge in [-0.3, -0.25) is 4.90 Å². The van der Waals surface area contributed by atoms with Gasteiger partial charge in [-0.2, -0.15) is 13.2 Å². The number of hydrogen-bond donors (Lipinski definition) is 1. The molecule has 2 rings (SSSR count). The van der Waals surface area contributed by atoms with Gasteiger partial charge in [-0.05, 0) is 24.1 Å². The fourth-order valence-electron chi connectivity index (χ4n) is 2.95. The van der Waals surface area contributed by atoms with Crippen LogP contribution < -0.4 is 14.8 Å². The molecule has 10 heteroatoms. The van der Waals surface area contributed by atoms with Gasteiger partial charge in [-0.15, -0.1) is 24.8 Å². The zero-order chi connectivity index (χ0) is 17.7. The zero-order valence-electron chi connectivity index (χ0n) is 14.6. The van der Waals surface area contributed by atoms with E-state index in [2.05, 4.69) is 26.1 Å². The minimum atomic E-state index is -4.17. The highest BCUT2D eigenvalue weighted by Gasteiger charge is 2.32. The van der Waals surface area contributed by atoms with Gasteiger partial charge in [0.05, 0.1) is 14.2 Å². The van der Waals surface area contributed by atoms with E-state index in [0.717, 1.165) is 23.1 Å². The fourth-order valence-corrected chi connectivity index (χ4v) is 3.54. The van der Waals surface area contributed by atoms with E-state index in [1.54, 1.807) is 12.1 Å². The molecule has 1 heterocycles. The molecule has 1 aromatic carbocycles. The SMILES string of the molecule is COc1cc(Br)c([C@H](CCC(F)(F)F)N2CCNCC2)cc1OC.Cl.Cl. The number of methoxy groups -OCH3 is 2. The van der Waals surface area contributed by atoms with Gasteiger partial charge in [0.1, 0.15) is 0 Å². The first-order valence-electron chi connectivity index (χ1n) is 7.78. The Hall–Kier alpha value is -0.410. The molecule has 1 aliphatic rings. The maximum absolute atomic E-state index is 12.8. The second kappa shape index (κ2) is 11.4. The molecular weight excluding hydrogens is 460 g/mol. The highest BCUT2D eigenvalue weighted by atomic mass is 79.9. The Morgan fingerprint density at radius 3 is 2.15 bits per heavy atom. The monoisotopic (exact) mass is 482 g/mol. The van der Waals surface area contributed by atoms with Crippen LogP contribution in [0.3, 0.4) is 0 Å². The first-order valence-corrected chi connectivity index (χ1v) is 8.58. The van der Waals surface area contributed by atoms with Crippen LogP contribution in [0.4, 0.5) is 13.2 Å². The molecule has 1 aliphatic heterocycles. The maximum atomic E-state index is 12.8. The summed E-state index contributed by atoms with van der Waals surface area (Å²) in [4.78, 5) is 2.09. The van der Waals surface area contributed by atoms with Crippen molar-refractivity contribution in [2.24, 2.45) is 0 Å². The molecule has 0 radical (unpaired) electrons. The summed E-state index contributed by atoms with van der Waals surface area (Å²) in [5.41, 5.74) is 0.791. The lowest BCUT2D eigenvalue weighted by Gasteiger charge is -2.36. The average molecular weight is 484 g/mol. The van der Waals surface area contributed by atoms with Crippen molar-refractivity contribution in [3.05, 3.63) is 22.2 Å². The summed E-state index contributed by atoms with van der Waals surface area (Å²) < 4.78 is 49.6. The van der Waals surface area contributed by atoms with Crippen molar-refractivity contribution >= 4 is 40.7 Å². The van der Waals surface area contributed by atoms with E-state index in [-0.39, 0.29) is 37.3 Å². The van der Waals surface area contributed by atoms with Crippen LogP contribution in [0.2, 0.25) is 0 Å². The van der Waals surface area contributed by atoms with Gasteiger partial charge in [-0.1, -0.05) is 15.9 Å². The van der Waals surface area contributed by atoms with Gasteiger partial charge in [0.25, 0.3) is 0 Å². The second-order valence-electron chi connectivity index (χ2n) is 5.68. The molecule has 1 N–H and O–H groups in total. The van der Waals surface area contributed by atoms with Crippen molar-refractivity contribution in [3.63, 3.8) is 0 Å². The quantitative estimate of drug-likeness (QED) is 0.641. The third-order valence-corrected chi connectivity index (χ3v) is 4.84. The van der Waals surface area contributed by atoms with E-state index in [1.807, 2.05) is 0 Å². The van der Waals surface area contributed by atoms with Crippen LogP contribution in [0.25, 0.3) is 0 Å². The number of ether oxygens (including phenoxy) is 2. The van der Waals surface area contributed by atoms with Crippen molar-refractivity contribution in [1.29, 1.82) is 0 Å². The summed E-state index contributed by atoms with van der Waals surface area (Å²) in [5.74, 6) is 1.06. The number of alkyl halides is 3. The molecule has 1 saturated heterocycles. The van der Waals surface area contributed by atoms with Crippen LogP contribution in [0.15, 0.2) is 16.6 Å². The lowest BCUT2D eigenvalue weighted by Crippen LogP contribution is -2.45. The Labute approximate surface area is 172 Å². The molecule has 0 saturated carbocycles. The van der Waals surface area contributed by atoms with Crippen molar-refractivity contribution in [2.45, 2.75) is 25.1 Å². The fraction of sp³-hybridized carbons (Fsp3) is 0.625. The molecule has 0 aliphatic carbocycles. The number of hydrogen-bond acceptors (Lipinski definition) is 4. The van der Waals surface area contributed by atoms with Crippen molar-refractivity contribution in [3.8, 4) is 11.5 Å². The summed E-state index contributed by atoms with van der Waals surface area (Å²) >= 11 is 3.48. The second-order valence-corrected chi connectivity index (χ2v) is 6.54. The van der Waals surface area contributed by atoms with Crippen LogP contribution in [0.1, 0.15) is 24.4 Å². The summed E-state index contributed by atoms with van der Waals surface area (Å²) in [7, 11) is 3.05. The molecule has 1 atom stereocenters. The van der Waals surface area contributed by atoms with E-state index in [1.165, 1.54) is 14.2 Å². The molecule has 0 bridgehead atoms. The molecule has 4 nitrogen and oxygen atoms in total. The molecule has 1 aromatic rings. The Morgan fingerprint density at radius 2 is 1.65 bits per heavy atom. The lowest BCUT2D eigenvalue weighted by atomic mass is 9.98. The van der Waals surface area contributed by atoms with Crippen molar-refractivity contribution < 1.29 is 22.6 Å². The van der Waals surface area contributed by atoms with Gasteiger partial charge in [0.2, 0.25) is 0 Å². The molecule has 1 fully saturated rings. The Bertz CT molecular complexity index is 559. The van der Waals surface area contributed by atoms with Gasteiger partial charge >= 0.3 is 6.18 Å². The van der Waals surface area contributed by atoms with E-state index >= 15 is 0 Å². The topological polar surface area (TPSA) is 33.7 Å². The molecule has 0 aromatic heterocycles. The molecular formula is C16H24BrCl2F3N2O2. The van der Waals surface area contributed by atoms with E-state index in [0.29, 0.717) is 24.6 Å². The van der Waals surface area contributed by atoms with E-state index in [9.17, 15) is 13.2 Å². The smallest absolute Gasteiger partial charge is 0.389 e. The first-order chi connectivity index (χ1) is 11.4. The highest BCUT2D eigenvalue weighted by molar-refractivity contribution is 9.10. The standard InChI is InChI=1S/C16H22BrF3N2O2.2ClH/c1-23-14-9-11(12(17)10-15(14)24-2)13(3-4-16(18,19)20)22-7-5-21-6-8-22;;/h9-10,13,21H,3-8H2,1-2H3;2*1H/t13-;;/m0../s1. The highest BCUT2D eigenvalue weighted by Crippen LogP contribution is 2.40. The van der Waals surface area contributed by atoms with Crippen LogP contribution in [0, 0.1) is 0 Å². The van der Waals surface area contributed by atoms with Crippen LogP contribution >= 0.6 is 40.7 Å². The average Bonchev–Trinajstić information content (AvgIpc) is 2.55. The number of benzene rings is 1. The number of halogens is 6. The normalized spacial score (nSPS) is 16.2. The van der Waals surface area contributed by atoms with E-state index < -0.39 is 12.6 Å². The summed E-state index contributed by atoms with van der Waals surface area (Å²) in [6.45, 7) is 2.97. The predicted octanol–water partition coefficient (Wildman–Crippen LogP) is 4.60. The Balaban J connectivity index is 0.00000312. The largest absolute Gasteiger partial charge is 0.493 e.